The molecule has 360 valence electrons. The minimum atomic E-state index is -4.77. The number of nitrogens with zero attached hydrogens (tertiary/aromatic N) is 3. The number of rotatable bonds is 17. The molecule has 2 aromatic heterocycles. The van der Waals surface area contributed by atoms with Crippen molar-refractivity contribution < 1.29 is 47.2 Å². The van der Waals surface area contributed by atoms with Crippen LogP contribution in [0.5, 0.6) is 17.4 Å². The van der Waals surface area contributed by atoms with Crippen LogP contribution in [0.1, 0.15) is 73.9 Å². The molecule has 4 heterocycles. The van der Waals surface area contributed by atoms with Gasteiger partial charge in [0.25, 0.3) is 5.56 Å². The maximum Gasteiger partial charge on any atom is 0.403 e. The van der Waals surface area contributed by atoms with Crippen molar-refractivity contribution in [1.29, 1.82) is 0 Å². The van der Waals surface area contributed by atoms with Crippen molar-refractivity contribution in [1.82, 2.24) is 24.2 Å². The molecule has 20 heteroatoms. The number of aromatic nitrogens is 4. The maximum atomic E-state index is 14.3. The third-order valence-electron chi connectivity index (χ3n) is 12.9. The van der Waals surface area contributed by atoms with Crippen LogP contribution in [-0.4, -0.2) is 84.1 Å². The Morgan fingerprint density at radius 3 is 1.94 bits per heavy atom. The highest BCUT2D eigenvalue weighted by atomic mass is 31.2. The number of H-pyrrole nitrogens is 1. The van der Waals surface area contributed by atoms with E-state index in [-0.39, 0.29) is 36.6 Å². The van der Waals surface area contributed by atoms with Gasteiger partial charge < -0.3 is 38.1 Å². The summed E-state index contributed by atoms with van der Waals surface area (Å²) in [6.45, 7) is 13.0. The van der Waals surface area contributed by atoms with Crippen molar-refractivity contribution in [2.45, 2.75) is 108 Å². The first-order valence-electron chi connectivity index (χ1n) is 22.0. The lowest BCUT2D eigenvalue weighted by molar-refractivity contribution is -0.276. The largest absolute Gasteiger partial charge is 0.858 e. The molecule has 0 amide bonds. The summed E-state index contributed by atoms with van der Waals surface area (Å²) in [5.41, 5.74) is -0.663. The molecule has 3 N–H and O–H groups in total. The molecule has 0 bridgehead atoms. The van der Waals surface area contributed by atoms with E-state index in [1.165, 1.54) is 23.9 Å². The molecule has 18 nitrogen and oxygen atoms in total. The van der Waals surface area contributed by atoms with Gasteiger partial charge in [-0.25, -0.2) is 24.2 Å². The van der Waals surface area contributed by atoms with E-state index >= 15 is 0 Å². The van der Waals surface area contributed by atoms with Crippen LogP contribution in [0.3, 0.4) is 0 Å². The Morgan fingerprint density at radius 2 is 1.36 bits per heavy atom. The summed E-state index contributed by atoms with van der Waals surface area (Å²) < 4.78 is 60.6. The molecule has 2 aliphatic rings. The Kier molecular flexibility index (Phi) is 14.7. The summed E-state index contributed by atoms with van der Waals surface area (Å²) in [7, 11) is -4.08. The number of nitrogens with one attached hydrogen (secondary N) is 2. The van der Waals surface area contributed by atoms with Gasteiger partial charge in [0.1, 0.15) is 41.8 Å². The third kappa shape index (κ3) is 10.8. The van der Waals surface area contributed by atoms with Crippen molar-refractivity contribution in [3.8, 4) is 17.4 Å². The number of hydrogen-bond donors (Lipinski definition) is 3. The fourth-order valence-electron chi connectivity index (χ4n) is 8.13. The van der Waals surface area contributed by atoms with Crippen molar-refractivity contribution in [3.05, 3.63) is 150 Å². The van der Waals surface area contributed by atoms with Gasteiger partial charge in [-0.15, -0.1) is 0 Å². The summed E-state index contributed by atoms with van der Waals surface area (Å²) in [6.07, 6.45) is -2.78. The molecule has 0 radical (unpaired) electrons. The van der Waals surface area contributed by atoms with Crippen LogP contribution in [0.4, 0.5) is 0 Å². The van der Waals surface area contributed by atoms with Gasteiger partial charge in [-0.1, -0.05) is 75.4 Å². The van der Waals surface area contributed by atoms with Crippen LogP contribution in [0.25, 0.3) is 0 Å². The Hall–Kier alpha value is -5.21. The molecule has 0 spiro atoms. The fraction of sp³-hybridized carbons (Fsp3) is 0.447. The second-order valence-electron chi connectivity index (χ2n) is 18.4. The van der Waals surface area contributed by atoms with Crippen molar-refractivity contribution >= 4 is 16.1 Å². The lowest BCUT2D eigenvalue weighted by Crippen LogP contribution is -2.47. The first kappa shape index (κ1) is 49.7. The Bertz CT molecular complexity index is 2690. The van der Waals surface area contributed by atoms with E-state index in [2.05, 4.69) is 48.9 Å². The molecular formula is C47H59N5O13PSi-. The highest BCUT2D eigenvalue weighted by Crippen LogP contribution is 2.47. The van der Waals surface area contributed by atoms with E-state index < -0.39 is 81.4 Å². The molecular weight excluding hydrogens is 902 g/mol. The van der Waals surface area contributed by atoms with Gasteiger partial charge in [0.2, 0.25) is 0 Å². The van der Waals surface area contributed by atoms with E-state index in [1.807, 2.05) is 78.9 Å². The summed E-state index contributed by atoms with van der Waals surface area (Å²) in [5.74, 6) is 0.560. The molecule has 1 unspecified atom stereocenters. The number of benzene rings is 3. The minimum absolute atomic E-state index is 0.115. The van der Waals surface area contributed by atoms with Crippen LogP contribution < -0.4 is 36.6 Å². The predicted molar refractivity (Wildman–Crippen MR) is 249 cm³/mol. The van der Waals surface area contributed by atoms with Crippen molar-refractivity contribution in [2.75, 3.05) is 27.4 Å². The molecule has 2 saturated heterocycles. The quantitative estimate of drug-likeness (QED) is 0.0590. The molecule has 0 saturated carbocycles. The van der Waals surface area contributed by atoms with Gasteiger partial charge in [-0.2, -0.15) is 0 Å². The molecule has 7 rings (SSSR count). The lowest BCUT2D eigenvalue weighted by atomic mass is 9.80. The van der Waals surface area contributed by atoms with Gasteiger partial charge in [0.05, 0.1) is 33.0 Å². The normalized spacial score (nSPS) is 22.1. The van der Waals surface area contributed by atoms with Crippen molar-refractivity contribution in [2.24, 2.45) is 0 Å². The Balaban J connectivity index is 1.21. The van der Waals surface area contributed by atoms with Gasteiger partial charge in [-0.05, 0) is 84.4 Å². The molecule has 0 aliphatic carbocycles. The molecule has 3 aromatic carbocycles. The van der Waals surface area contributed by atoms with Gasteiger partial charge >= 0.3 is 19.1 Å². The number of hydrogen-bond acceptors (Lipinski definition) is 13. The van der Waals surface area contributed by atoms with Crippen molar-refractivity contribution in [3.63, 3.8) is 0 Å². The number of ether oxygens (including phenoxy) is 5. The number of aromatic amines is 1. The van der Waals surface area contributed by atoms with E-state index in [9.17, 15) is 28.9 Å². The number of methoxy groups -OCH3 is 2. The van der Waals surface area contributed by atoms with Gasteiger partial charge in [-0.3, -0.25) is 23.4 Å². The summed E-state index contributed by atoms with van der Waals surface area (Å²) in [5, 5.41) is 14.8. The Labute approximate surface area is 389 Å². The van der Waals surface area contributed by atoms with Gasteiger partial charge in [0.15, 0.2) is 8.32 Å². The lowest BCUT2D eigenvalue weighted by Gasteiger charge is -2.39. The van der Waals surface area contributed by atoms with Crippen LogP contribution in [0, 0.1) is 13.8 Å². The average Bonchev–Trinajstić information content (AvgIpc) is 3.88. The van der Waals surface area contributed by atoms with Crippen LogP contribution in [0.2, 0.25) is 18.1 Å². The summed E-state index contributed by atoms with van der Waals surface area (Å²) in [6, 6.07) is 24.4. The first-order valence-corrected chi connectivity index (χ1v) is 26.5. The van der Waals surface area contributed by atoms with Crippen LogP contribution >= 0.6 is 7.75 Å². The number of aryl methyl sites for hydroxylation is 2. The zero-order valence-corrected chi connectivity index (χ0v) is 41.0. The molecule has 67 heavy (non-hydrogen) atoms. The van der Waals surface area contributed by atoms with E-state index in [0.717, 1.165) is 21.3 Å². The van der Waals surface area contributed by atoms with Crippen LogP contribution in [-0.2, 0) is 33.3 Å². The fourth-order valence-corrected chi connectivity index (χ4v) is 10.6. The van der Waals surface area contributed by atoms with E-state index in [4.69, 9.17) is 32.6 Å². The first-order chi connectivity index (χ1) is 31.6. The maximum absolute atomic E-state index is 14.3. The monoisotopic (exact) mass is 960 g/mol. The molecule has 2 aliphatic heterocycles. The summed E-state index contributed by atoms with van der Waals surface area (Å²) in [4.78, 5) is 56.0. The molecule has 5 aromatic rings. The van der Waals surface area contributed by atoms with E-state index in [0.29, 0.717) is 17.1 Å². The SMILES string of the molecule is COc1ccc(C(OC[C@H]2O[C@@H](n3cc(C)c([O-])nc3=O)C[C@@H]2OP(=O)(O)NC[C@H]2O[C@@H](n3cc(C)c(=O)[nH]c3=O)C[C@@H]2O[Si](C)(C)C(C)(C)C)(c2ccccc2)c2ccc(OC)cc2)cc1. The molecule has 2 fully saturated rings. The summed E-state index contributed by atoms with van der Waals surface area (Å²) >= 11 is 0. The topological polar surface area (TPSA) is 227 Å². The van der Waals surface area contributed by atoms with Crippen LogP contribution in [0.15, 0.2) is 106 Å². The highest BCUT2D eigenvalue weighted by molar-refractivity contribution is 7.50. The smallest absolute Gasteiger partial charge is 0.403 e. The predicted octanol–water partition coefficient (Wildman–Crippen LogP) is 5.55. The third-order valence-corrected chi connectivity index (χ3v) is 18.5. The zero-order chi connectivity index (χ0) is 48.5. The average molecular weight is 961 g/mol. The molecule has 7 atom stereocenters. The standard InChI is InChI=1S/C47H60N5O13PSi/c1-29-26-51(44(55)49-42(29)53)40-23-36(64-66(57,58)48-25-38-37(65-67(8,9)46(3,4)5)24-41(62-38)52-27-30(2)43(54)50-45(52)56)39(63-40)28-61-47(31-13-11-10-12-14-31,32-15-19-34(59-6)20-16-32)33-17-21-35(60-7)22-18-33/h10-22,26-27,36-41H,23-25,28H2,1-9H3,(H2,48,57,58)(H,49,53,55)(H,50,54,56)/p-1/t36-,37-,38+,39+,40+,41+/m0/s1. The van der Waals surface area contributed by atoms with E-state index in [1.54, 1.807) is 21.1 Å². The second kappa shape index (κ2) is 19.8. The second-order valence-corrected chi connectivity index (χ2v) is 24.7. The van der Waals surface area contributed by atoms with Gasteiger partial charge in [0, 0.05) is 37.3 Å². The highest BCUT2D eigenvalue weighted by Gasteiger charge is 2.48. The minimum Gasteiger partial charge on any atom is -0.858 e. The zero-order valence-electron chi connectivity index (χ0n) is 39.1. The Morgan fingerprint density at radius 1 is 0.821 bits per heavy atom.